The minimum atomic E-state index is -5.05. The molecule has 28 heavy (non-hydrogen) atoms. The highest BCUT2D eigenvalue weighted by Gasteiger charge is 2.37. The number of anilines is 1. The molecule has 1 aromatic carbocycles. The minimum Gasteiger partial charge on any atom is -0.333 e. The van der Waals surface area contributed by atoms with Crippen molar-refractivity contribution in [2.75, 3.05) is 5.32 Å². The molecule has 1 amide bonds. The highest BCUT2D eigenvalue weighted by molar-refractivity contribution is 7.14. The van der Waals surface area contributed by atoms with Gasteiger partial charge in [0, 0.05) is 5.56 Å². The van der Waals surface area contributed by atoms with E-state index < -0.39 is 35.0 Å². The number of amides is 1. The molecule has 0 aliphatic carbocycles. The van der Waals surface area contributed by atoms with Crippen LogP contribution in [0.1, 0.15) is 27.3 Å². The Morgan fingerprint density at radius 3 is 2.18 bits per heavy atom. The summed E-state index contributed by atoms with van der Waals surface area (Å²) in [7, 11) is 0. The zero-order valence-electron chi connectivity index (χ0n) is 13.8. The van der Waals surface area contributed by atoms with E-state index in [0.29, 0.717) is 22.8 Å². The predicted octanol–water partition coefficient (Wildman–Crippen LogP) is 5.40. The Kier molecular flexibility index (Phi) is 4.91. The normalized spacial score (nSPS) is 12.2. The van der Waals surface area contributed by atoms with Gasteiger partial charge in [-0.15, -0.1) is 11.3 Å². The SMILES string of the molecule is Cc1noc(-c2sccc2NC(=O)c2cc(C(F)(F)F)cc(C(F)(F)F)c2)n1. The summed E-state index contributed by atoms with van der Waals surface area (Å²) in [6.07, 6.45) is -10.1. The van der Waals surface area contributed by atoms with E-state index in [-0.39, 0.29) is 17.6 Å². The molecule has 0 atom stereocenters. The van der Waals surface area contributed by atoms with Crippen LogP contribution in [0.15, 0.2) is 34.2 Å². The first-order valence-corrected chi connectivity index (χ1v) is 8.32. The van der Waals surface area contributed by atoms with E-state index in [4.69, 9.17) is 4.52 Å². The van der Waals surface area contributed by atoms with Crippen LogP contribution < -0.4 is 5.32 Å². The summed E-state index contributed by atoms with van der Waals surface area (Å²) >= 11 is 1.10. The fourth-order valence-electron chi connectivity index (χ4n) is 2.24. The van der Waals surface area contributed by atoms with Crippen LogP contribution in [0.4, 0.5) is 32.0 Å². The van der Waals surface area contributed by atoms with Crippen molar-refractivity contribution in [2.45, 2.75) is 19.3 Å². The molecule has 0 unspecified atom stereocenters. The van der Waals surface area contributed by atoms with Crippen LogP contribution in [0, 0.1) is 6.92 Å². The molecule has 0 aliphatic heterocycles. The van der Waals surface area contributed by atoms with Gasteiger partial charge in [-0.3, -0.25) is 4.79 Å². The maximum Gasteiger partial charge on any atom is 0.416 e. The van der Waals surface area contributed by atoms with E-state index in [1.165, 1.54) is 11.4 Å². The molecule has 0 spiro atoms. The maximum absolute atomic E-state index is 12.9. The molecule has 12 heteroatoms. The number of halogens is 6. The van der Waals surface area contributed by atoms with Crippen molar-refractivity contribution in [1.82, 2.24) is 10.1 Å². The lowest BCUT2D eigenvalue weighted by Crippen LogP contribution is -2.17. The average Bonchev–Trinajstić information content (AvgIpc) is 3.21. The number of carbonyl (C=O) groups excluding carboxylic acids is 1. The first-order chi connectivity index (χ1) is 12.9. The van der Waals surface area contributed by atoms with Crippen molar-refractivity contribution < 1.29 is 35.7 Å². The number of thiophene rings is 1. The fourth-order valence-corrected chi connectivity index (χ4v) is 3.01. The molecule has 0 radical (unpaired) electrons. The van der Waals surface area contributed by atoms with Gasteiger partial charge in [-0.2, -0.15) is 31.3 Å². The Hall–Kier alpha value is -2.89. The number of aryl methyl sites for hydroxylation is 1. The predicted molar refractivity (Wildman–Crippen MR) is 86.7 cm³/mol. The summed E-state index contributed by atoms with van der Waals surface area (Å²) in [6.45, 7) is 1.56. The van der Waals surface area contributed by atoms with Crippen LogP contribution in [0.2, 0.25) is 0 Å². The van der Waals surface area contributed by atoms with Gasteiger partial charge in [0.1, 0.15) is 4.88 Å². The Balaban J connectivity index is 1.97. The standard InChI is InChI=1S/C16H9F6N3O2S/c1-7-23-14(27-25-7)12-11(2-3-28-12)24-13(26)8-4-9(15(17,18)19)6-10(5-8)16(20,21)22/h2-6H,1H3,(H,24,26). The number of carbonyl (C=O) groups is 1. The largest absolute Gasteiger partial charge is 0.416 e. The van der Waals surface area contributed by atoms with Crippen LogP contribution in [-0.4, -0.2) is 16.0 Å². The number of aromatic nitrogens is 2. The molecule has 1 N–H and O–H groups in total. The number of rotatable bonds is 3. The Labute approximate surface area is 157 Å². The number of benzene rings is 1. The first kappa shape index (κ1) is 19.9. The Bertz CT molecular complexity index is 990. The van der Waals surface area contributed by atoms with Gasteiger partial charge >= 0.3 is 12.4 Å². The maximum atomic E-state index is 12.9. The van der Waals surface area contributed by atoms with Crippen LogP contribution in [0.25, 0.3) is 10.8 Å². The van der Waals surface area contributed by atoms with Crippen molar-refractivity contribution in [1.29, 1.82) is 0 Å². The number of hydrogen-bond donors (Lipinski definition) is 1. The van der Waals surface area contributed by atoms with Gasteiger partial charge in [0.05, 0.1) is 16.8 Å². The van der Waals surface area contributed by atoms with Crippen LogP contribution >= 0.6 is 11.3 Å². The highest BCUT2D eigenvalue weighted by Crippen LogP contribution is 2.37. The second kappa shape index (κ2) is 6.93. The summed E-state index contributed by atoms with van der Waals surface area (Å²) in [4.78, 5) is 16.6. The topological polar surface area (TPSA) is 68.0 Å². The lowest BCUT2D eigenvalue weighted by atomic mass is 10.0. The summed E-state index contributed by atoms with van der Waals surface area (Å²) in [6, 6.07) is 2.07. The van der Waals surface area contributed by atoms with Crippen molar-refractivity contribution in [3.05, 3.63) is 52.2 Å². The third kappa shape index (κ3) is 4.16. The van der Waals surface area contributed by atoms with Gasteiger partial charge in [0.2, 0.25) is 0 Å². The molecule has 0 aliphatic rings. The second-order valence-corrected chi connectivity index (χ2v) is 6.47. The van der Waals surface area contributed by atoms with Crippen molar-refractivity contribution in [2.24, 2.45) is 0 Å². The summed E-state index contributed by atoms with van der Waals surface area (Å²) < 4.78 is 82.6. The van der Waals surface area contributed by atoms with E-state index >= 15 is 0 Å². The Morgan fingerprint density at radius 1 is 1.07 bits per heavy atom. The highest BCUT2D eigenvalue weighted by atomic mass is 32.1. The Morgan fingerprint density at radius 2 is 1.68 bits per heavy atom. The van der Waals surface area contributed by atoms with Gasteiger partial charge in [-0.25, -0.2) is 0 Å². The van der Waals surface area contributed by atoms with Gasteiger partial charge in [-0.05, 0) is 36.6 Å². The molecule has 3 aromatic rings. The molecular weight excluding hydrogens is 412 g/mol. The molecule has 0 saturated carbocycles. The average molecular weight is 421 g/mol. The molecule has 0 fully saturated rings. The van der Waals surface area contributed by atoms with E-state index in [2.05, 4.69) is 15.5 Å². The number of nitrogens with one attached hydrogen (secondary N) is 1. The molecule has 0 bridgehead atoms. The third-order valence-corrected chi connectivity index (χ3v) is 4.39. The van der Waals surface area contributed by atoms with Crippen LogP contribution in [0.5, 0.6) is 0 Å². The van der Waals surface area contributed by atoms with Gasteiger partial charge < -0.3 is 9.84 Å². The lowest BCUT2D eigenvalue weighted by Gasteiger charge is -2.14. The second-order valence-electron chi connectivity index (χ2n) is 5.56. The van der Waals surface area contributed by atoms with E-state index in [1.807, 2.05) is 0 Å². The summed E-state index contributed by atoms with van der Waals surface area (Å²) in [5.41, 5.74) is -3.83. The van der Waals surface area contributed by atoms with E-state index in [9.17, 15) is 31.1 Å². The molecule has 3 rings (SSSR count). The molecule has 2 heterocycles. The monoisotopic (exact) mass is 421 g/mol. The van der Waals surface area contributed by atoms with Crippen molar-refractivity contribution in [3.8, 4) is 10.8 Å². The van der Waals surface area contributed by atoms with Gasteiger partial charge in [-0.1, -0.05) is 5.16 Å². The molecule has 148 valence electrons. The number of alkyl halides is 6. The molecule has 0 saturated heterocycles. The zero-order valence-corrected chi connectivity index (χ0v) is 14.6. The van der Waals surface area contributed by atoms with Gasteiger partial charge in [0.25, 0.3) is 11.8 Å². The summed E-state index contributed by atoms with van der Waals surface area (Å²) in [5, 5.41) is 7.41. The minimum absolute atomic E-state index is 0.0476. The van der Waals surface area contributed by atoms with Crippen molar-refractivity contribution in [3.63, 3.8) is 0 Å². The zero-order chi connectivity index (χ0) is 20.7. The number of nitrogens with zero attached hydrogens (tertiary/aromatic N) is 2. The first-order valence-electron chi connectivity index (χ1n) is 7.44. The summed E-state index contributed by atoms with van der Waals surface area (Å²) in [5.74, 6) is -0.774. The smallest absolute Gasteiger partial charge is 0.333 e. The number of hydrogen-bond acceptors (Lipinski definition) is 5. The van der Waals surface area contributed by atoms with Gasteiger partial charge in [0.15, 0.2) is 5.82 Å². The molecule has 2 aromatic heterocycles. The van der Waals surface area contributed by atoms with Crippen LogP contribution in [0.3, 0.4) is 0 Å². The third-order valence-electron chi connectivity index (χ3n) is 3.49. The molecular formula is C16H9F6N3O2S. The quantitative estimate of drug-likeness (QED) is 0.576. The fraction of sp³-hybridized carbons (Fsp3) is 0.188. The van der Waals surface area contributed by atoms with Crippen molar-refractivity contribution >= 4 is 22.9 Å². The van der Waals surface area contributed by atoms with E-state index in [1.54, 1.807) is 6.92 Å². The molecule has 5 nitrogen and oxygen atoms in total. The van der Waals surface area contributed by atoms with E-state index in [0.717, 1.165) is 11.3 Å². The van der Waals surface area contributed by atoms with Crippen LogP contribution in [-0.2, 0) is 12.4 Å². The lowest BCUT2D eigenvalue weighted by molar-refractivity contribution is -0.143.